The van der Waals surface area contributed by atoms with Crippen LogP contribution in [-0.2, 0) is 21.2 Å². The predicted octanol–water partition coefficient (Wildman–Crippen LogP) is 3.92. The second-order valence-electron chi connectivity index (χ2n) is 10.8. The summed E-state index contributed by atoms with van der Waals surface area (Å²) >= 11 is 0. The minimum atomic E-state index is -4.12. The fourth-order valence-corrected chi connectivity index (χ4v) is 7.20. The maximum absolute atomic E-state index is 13.8. The molecule has 3 N–H and O–H groups in total. The lowest BCUT2D eigenvalue weighted by Crippen LogP contribution is -2.54. The average Bonchev–Trinajstić information content (AvgIpc) is 2.97. The lowest BCUT2D eigenvalue weighted by atomic mass is 9.83. The average molecular weight is 561 g/mol. The Hall–Kier alpha value is -2.56. The third-order valence-corrected chi connectivity index (χ3v) is 9.56. The van der Waals surface area contributed by atoms with E-state index in [1.54, 1.807) is 11.0 Å². The van der Waals surface area contributed by atoms with Gasteiger partial charge in [-0.25, -0.2) is 8.42 Å². The quantitative estimate of drug-likeness (QED) is 0.363. The van der Waals surface area contributed by atoms with Gasteiger partial charge >= 0.3 is 0 Å². The van der Waals surface area contributed by atoms with Gasteiger partial charge in [-0.15, -0.1) is 0 Å². The van der Waals surface area contributed by atoms with E-state index in [2.05, 4.69) is 15.0 Å². The number of likely N-dealkylation sites (tertiary alicyclic amines) is 1. The smallest absolute Gasteiger partial charge is 0.244 e. The van der Waals surface area contributed by atoms with Crippen molar-refractivity contribution in [3.8, 4) is 0 Å². The van der Waals surface area contributed by atoms with Crippen LogP contribution in [0.5, 0.6) is 0 Å². The van der Waals surface area contributed by atoms with Crippen molar-refractivity contribution in [3.63, 3.8) is 0 Å². The molecule has 1 amide bonds. The van der Waals surface area contributed by atoms with Crippen LogP contribution >= 0.6 is 0 Å². The summed E-state index contributed by atoms with van der Waals surface area (Å²) in [6, 6.07) is 9.97. The number of alkyl halides is 1. The van der Waals surface area contributed by atoms with Gasteiger partial charge in [-0.2, -0.15) is 4.72 Å². The Labute approximate surface area is 231 Å². The zero-order valence-corrected chi connectivity index (χ0v) is 23.3. The van der Waals surface area contributed by atoms with Crippen molar-refractivity contribution < 1.29 is 22.7 Å². The first-order chi connectivity index (χ1) is 18.9. The number of pyridine rings is 1. The Bertz CT molecular complexity index is 1150. The van der Waals surface area contributed by atoms with E-state index in [-0.39, 0.29) is 35.9 Å². The van der Waals surface area contributed by atoms with E-state index in [1.165, 1.54) is 12.4 Å². The first-order valence-corrected chi connectivity index (χ1v) is 15.6. The standard InChI is InChI=1S/C29H41FN4O4S/c30-15-11-22-13-17-34(18-14-22)29(36)28(24-9-5-2-6-10-24)33-39(37,38)27-20-31-16-12-26(27)32-25(21-35)19-23-7-3-1-4-8-23/h1,3-4,7-8,12,16,20,22,24-25,28,33,35H,2,5-6,9-11,13-15,17-19,21H2,(H,31,32)/t25-,28-/m0/s1. The highest BCUT2D eigenvalue weighted by Crippen LogP contribution is 2.31. The van der Waals surface area contributed by atoms with Gasteiger partial charge in [-0.1, -0.05) is 49.6 Å². The number of piperidine rings is 1. The van der Waals surface area contributed by atoms with E-state index < -0.39 is 22.1 Å². The van der Waals surface area contributed by atoms with Crippen LogP contribution in [0.1, 0.15) is 56.9 Å². The van der Waals surface area contributed by atoms with E-state index in [9.17, 15) is 22.7 Å². The number of carbonyl (C=O) groups is 1. The van der Waals surface area contributed by atoms with Crippen LogP contribution in [0.25, 0.3) is 0 Å². The Morgan fingerprint density at radius 3 is 2.46 bits per heavy atom. The van der Waals surface area contributed by atoms with Gasteiger partial charge < -0.3 is 15.3 Å². The van der Waals surface area contributed by atoms with Gasteiger partial charge in [0.2, 0.25) is 15.9 Å². The van der Waals surface area contributed by atoms with Crippen LogP contribution in [0.4, 0.5) is 10.1 Å². The number of nitrogens with one attached hydrogen (secondary N) is 2. The van der Waals surface area contributed by atoms with Crippen molar-refractivity contribution in [1.29, 1.82) is 0 Å². The van der Waals surface area contributed by atoms with Crippen LogP contribution < -0.4 is 10.0 Å². The number of aromatic nitrogens is 1. The van der Waals surface area contributed by atoms with Crippen molar-refractivity contribution in [2.45, 2.75) is 74.8 Å². The highest BCUT2D eigenvalue weighted by atomic mass is 32.2. The summed E-state index contributed by atoms with van der Waals surface area (Å²) in [6.07, 6.45) is 9.87. The fraction of sp³-hybridized carbons (Fsp3) is 0.586. The van der Waals surface area contributed by atoms with Crippen molar-refractivity contribution in [3.05, 3.63) is 54.4 Å². The zero-order valence-electron chi connectivity index (χ0n) is 22.5. The van der Waals surface area contributed by atoms with Crippen LogP contribution in [0.2, 0.25) is 0 Å². The number of hydrogen-bond acceptors (Lipinski definition) is 6. The van der Waals surface area contributed by atoms with Crippen LogP contribution in [0.15, 0.2) is 53.7 Å². The summed E-state index contributed by atoms with van der Waals surface area (Å²) in [5, 5.41) is 13.2. The summed E-state index contributed by atoms with van der Waals surface area (Å²) in [4.78, 5) is 19.5. The van der Waals surface area contributed by atoms with E-state index in [1.807, 2.05) is 30.3 Å². The van der Waals surface area contributed by atoms with Gasteiger partial charge in [-0.3, -0.25) is 14.2 Å². The third-order valence-electron chi connectivity index (χ3n) is 8.09. The second-order valence-corrected chi connectivity index (χ2v) is 12.5. The number of aliphatic hydroxyl groups excluding tert-OH is 1. The molecule has 2 heterocycles. The maximum atomic E-state index is 13.8. The normalized spacial score (nSPS) is 19.0. The molecule has 0 spiro atoms. The van der Waals surface area contributed by atoms with E-state index in [4.69, 9.17) is 0 Å². The number of amides is 1. The van der Waals surface area contributed by atoms with Crippen LogP contribution in [-0.4, -0.2) is 67.8 Å². The van der Waals surface area contributed by atoms with Gasteiger partial charge in [0, 0.05) is 25.5 Å². The Balaban J connectivity index is 1.53. The molecule has 10 heteroatoms. The largest absolute Gasteiger partial charge is 0.394 e. The van der Waals surface area contributed by atoms with Gasteiger partial charge in [0.05, 0.1) is 25.0 Å². The first-order valence-electron chi connectivity index (χ1n) is 14.1. The molecule has 2 aliphatic rings. The van der Waals surface area contributed by atoms with E-state index >= 15 is 0 Å². The molecule has 1 aromatic carbocycles. The molecule has 2 fully saturated rings. The number of carbonyl (C=O) groups excluding carboxylic acids is 1. The SMILES string of the molecule is O=C([C@@H](NS(=O)(=O)c1cnccc1N[C@H](CO)Cc1ccccc1)C1CCCCC1)N1CCC(CCF)CC1. The number of sulfonamides is 1. The highest BCUT2D eigenvalue weighted by Gasteiger charge is 2.37. The molecule has 1 saturated carbocycles. The number of hydrogen-bond donors (Lipinski definition) is 3. The minimum absolute atomic E-state index is 0.0493. The molecular formula is C29H41FN4O4S. The van der Waals surface area contributed by atoms with Gasteiger partial charge in [0.15, 0.2) is 0 Å². The summed E-state index contributed by atoms with van der Waals surface area (Å²) in [6.45, 7) is 0.496. The van der Waals surface area contributed by atoms with Crippen LogP contribution in [0, 0.1) is 11.8 Å². The minimum Gasteiger partial charge on any atom is -0.394 e. The number of anilines is 1. The highest BCUT2D eigenvalue weighted by molar-refractivity contribution is 7.89. The Morgan fingerprint density at radius 2 is 1.79 bits per heavy atom. The number of benzene rings is 1. The van der Waals surface area contributed by atoms with Crippen LogP contribution in [0.3, 0.4) is 0 Å². The zero-order chi connectivity index (χ0) is 27.7. The molecule has 0 radical (unpaired) electrons. The van der Waals surface area contributed by atoms with Crippen molar-refractivity contribution in [2.24, 2.45) is 11.8 Å². The summed E-state index contributed by atoms with van der Waals surface area (Å²) in [5.41, 5.74) is 1.34. The fourth-order valence-electron chi connectivity index (χ4n) is 5.83. The summed E-state index contributed by atoms with van der Waals surface area (Å²) < 4.78 is 43.2. The molecule has 1 saturated heterocycles. The van der Waals surface area contributed by atoms with Crippen molar-refractivity contribution in [2.75, 3.05) is 31.7 Å². The monoisotopic (exact) mass is 560 g/mol. The van der Waals surface area contributed by atoms with Crippen molar-refractivity contribution >= 4 is 21.6 Å². The molecule has 1 aliphatic carbocycles. The molecule has 4 rings (SSSR count). The topological polar surface area (TPSA) is 112 Å². The van der Waals surface area contributed by atoms with Gasteiger partial charge in [0.25, 0.3) is 0 Å². The molecule has 39 heavy (non-hydrogen) atoms. The predicted molar refractivity (Wildman–Crippen MR) is 149 cm³/mol. The molecule has 0 unspecified atom stereocenters. The maximum Gasteiger partial charge on any atom is 0.244 e. The molecule has 1 aliphatic heterocycles. The molecule has 1 aromatic heterocycles. The molecular weight excluding hydrogens is 519 g/mol. The first kappa shape index (κ1) is 29.4. The molecule has 8 nitrogen and oxygen atoms in total. The van der Waals surface area contributed by atoms with E-state index in [0.29, 0.717) is 31.6 Å². The number of aliphatic hydroxyl groups is 1. The Morgan fingerprint density at radius 1 is 1.08 bits per heavy atom. The summed E-state index contributed by atoms with van der Waals surface area (Å²) in [5.74, 6) is -0.0101. The molecule has 214 valence electrons. The van der Waals surface area contributed by atoms with E-state index in [0.717, 1.165) is 50.5 Å². The molecule has 2 aromatic rings. The number of nitrogens with zero attached hydrogens (tertiary/aromatic N) is 2. The van der Waals surface area contributed by atoms with Gasteiger partial charge in [0.1, 0.15) is 10.9 Å². The lowest BCUT2D eigenvalue weighted by molar-refractivity contribution is -0.136. The molecule has 2 atom stereocenters. The summed E-state index contributed by atoms with van der Waals surface area (Å²) in [7, 11) is -4.12. The second kappa shape index (κ2) is 14.2. The number of rotatable bonds is 12. The third kappa shape index (κ3) is 7.99. The molecule has 0 bridgehead atoms. The number of halogens is 1. The Kier molecular flexibility index (Phi) is 10.7. The van der Waals surface area contributed by atoms with Gasteiger partial charge in [-0.05, 0) is 62.0 Å². The lowest BCUT2D eigenvalue weighted by Gasteiger charge is -2.37. The van der Waals surface area contributed by atoms with Crippen molar-refractivity contribution in [1.82, 2.24) is 14.6 Å².